The highest BCUT2D eigenvalue weighted by Gasteiger charge is 2.77. The van der Waals surface area contributed by atoms with Gasteiger partial charge in [0.05, 0.1) is 18.9 Å². The number of carbonyl (C=O) groups excluding carboxylic acids is 3. The van der Waals surface area contributed by atoms with Gasteiger partial charge in [0.25, 0.3) is 0 Å². The number of rotatable bonds is 1. The van der Waals surface area contributed by atoms with Gasteiger partial charge in [0.1, 0.15) is 23.4 Å². The number of hydrogen-bond acceptors (Lipinski definition) is 6. The average molecular weight is 296 g/mol. The quantitative estimate of drug-likeness (QED) is 0.713. The van der Waals surface area contributed by atoms with Crippen molar-refractivity contribution >= 4 is 17.7 Å². The molecular formula is C15H20O6. The summed E-state index contributed by atoms with van der Waals surface area (Å²) in [5, 5.41) is 10.3. The second-order valence-electron chi connectivity index (χ2n) is 6.92. The minimum absolute atomic E-state index is 0.000162. The number of Topliss-reactive ketones (excluding diaryl/α,β-unsaturated/α-hetero) is 1. The van der Waals surface area contributed by atoms with Crippen LogP contribution in [0.4, 0.5) is 0 Å². The number of ether oxygens (including phenoxy) is 2. The third-order valence-electron chi connectivity index (χ3n) is 6.15. The Labute approximate surface area is 122 Å². The van der Waals surface area contributed by atoms with E-state index in [0.29, 0.717) is 0 Å². The summed E-state index contributed by atoms with van der Waals surface area (Å²) in [6.07, 6.45) is -0.488. The summed E-state index contributed by atoms with van der Waals surface area (Å²) in [4.78, 5) is 36.4. The molecule has 0 spiro atoms. The van der Waals surface area contributed by atoms with Crippen molar-refractivity contribution in [3.8, 4) is 0 Å². The van der Waals surface area contributed by atoms with Gasteiger partial charge in [0.2, 0.25) is 0 Å². The first kappa shape index (κ1) is 14.5. The second-order valence-corrected chi connectivity index (χ2v) is 6.92. The first-order chi connectivity index (χ1) is 9.68. The van der Waals surface area contributed by atoms with E-state index in [1.54, 1.807) is 6.92 Å². The Hall–Kier alpha value is -1.43. The van der Waals surface area contributed by atoms with E-state index in [1.165, 1.54) is 6.92 Å². The third kappa shape index (κ3) is 1.49. The van der Waals surface area contributed by atoms with E-state index in [4.69, 9.17) is 9.47 Å². The first-order valence-electron chi connectivity index (χ1n) is 7.25. The van der Waals surface area contributed by atoms with E-state index in [9.17, 15) is 19.5 Å². The van der Waals surface area contributed by atoms with Crippen molar-refractivity contribution in [3.05, 3.63) is 0 Å². The molecule has 0 aromatic carbocycles. The zero-order valence-corrected chi connectivity index (χ0v) is 12.5. The van der Waals surface area contributed by atoms with Crippen molar-refractivity contribution in [2.24, 2.45) is 16.7 Å². The molecule has 3 aliphatic rings. The molecule has 2 heterocycles. The predicted molar refractivity (Wildman–Crippen MR) is 70.0 cm³/mol. The van der Waals surface area contributed by atoms with Crippen LogP contribution in [0, 0.1) is 16.7 Å². The fourth-order valence-electron chi connectivity index (χ4n) is 4.64. The van der Waals surface area contributed by atoms with Crippen molar-refractivity contribution in [1.82, 2.24) is 0 Å². The lowest BCUT2D eigenvalue weighted by Gasteiger charge is -2.47. The molecule has 1 N–H and O–H groups in total. The summed E-state index contributed by atoms with van der Waals surface area (Å²) in [5.74, 6) is -1.36. The van der Waals surface area contributed by atoms with Crippen molar-refractivity contribution in [3.63, 3.8) is 0 Å². The van der Waals surface area contributed by atoms with Crippen LogP contribution < -0.4 is 0 Å². The lowest BCUT2D eigenvalue weighted by molar-refractivity contribution is -0.178. The fraction of sp³-hybridized carbons (Fsp3) is 0.800. The minimum atomic E-state index is -1.16. The molecule has 2 aliphatic heterocycles. The maximum absolute atomic E-state index is 12.3. The molecule has 0 amide bonds. The highest BCUT2D eigenvalue weighted by molar-refractivity contribution is 5.88. The van der Waals surface area contributed by atoms with Gasteiger partial charge in [-0.05, 0) is 19.8 Å². The van der Waals surface area contributed by atoms with Crippen molar-refractivity contribution in [1.29, 1.82) is 0 Å². The van der Waals surface area contributed by atoms with E-state index < -0.39 is 34.5 Å². The summed E-state index contributed by atoms with van der Waals surface area (Å²) in [6, 6.07) is 0. The van der Waals surface area contributed by atoms with E-state index in [1.807, 2.05) is 6.92 Å². The van der Waals surface area contributed by atoms with Gasteiger partial charge in [0, 0.05) is 11.8 Å². The Kier molecular flexibility index (Phi) is 2.81. The summed E-state index contributed by atoms with van der Waals surface area (Å²) >= 11 is 0. The smallest absolute Gasteiger partial charge is 0.307 e. The van der Waals surface area contributed by atoms with Gasteiger partial charge in [-0.2, -0.15) is 0 Å². The highest BCUT2D eigenvalue weighted by Crippen LogP contribution is 2.67. The number of cyclic esters (lactones) is 1. The van der Waals surface area contributed by atoms with Crippen LogP contribution in [0.3, 0.4) is 0 Å². The first-order valence-corrected chi connectivity index (χ1v) is 7.25. The molecule has 5 atom stereocenters. The maximum atomic E-state index is 12.3. The van der Waals surface area contributed by atoms with Crippen LogP contribution in [0.2, 0.25) is 0 Å². The van der Waals surface area contributed by atoms with Crippen molar-refractivity contribution < 1.29 is 29.0 Å². The van der Waals surface area contributed by atoms with Gasteiger partial charge in [-0.15, -0.1) is 0 Å². The summed E-state index contributed by atoms with van der Waals surface area (Å²) in [5.41, 5.74) is -3.15. The lowest BCUT2D eigenvalue weighted by atomic mass is 9.57. The van der Waals surface area contributed by atoms with Gasteiger partial charge >= 0.3 is 11.9 Å². The van der Waals surface area contributed by atoms with Crippen LogP contribution >= 0.6 is 0 Å². The Morgan fingerprint density at radius 2 is 1.90 bits per heavy atom. The number of ketones is 1. The van der Waals surface area contributed by atoms with Crippen LogP contribution in [0.15, 0.2) is 0 Å². The van der Waals surface area contributed by atoms with Crippen LogP contribution in [-0.4, -0.2) is 41.1 Å². The van der Waals surface area contributed by atoms with Crippen molar-refractivity contribution in [2.75, 3.05) is 6.61 Å². The van der Waals surface area contributed by atoms with E-state index in [2.05, 4.69) is 0 Å². The van der Waals surface area contributed by atoms with Crippen LogP contribution in [0.1, 0.15) is 40.0 Å². The average Bonchev–Trinajstić information content (AvgIpc) is 2.74. The summed E-state index contributed by atoms with van der Waals surface area (Å²) in [7, 11) is 0. The Bertz CT molecular complexity index is 542. The SMILES string of the molecule is CC(=O)C1(C)COC(=O)CC23CC(=O)OC12CC(O)C3C. The van der Waals surface area contributed by atoms with Crippen LogP contribution in [0.25, 0.3) is 0 Å². The largest absolute Gasteiger partial charge is 0.464 e. The number of hydrogen-bond donors (Lipinski definition) is 1. The molecule has 3 fully saturated rings. The molecule has 6 heteroatoms. The molecule has 0 aromatic rings. The highest BCUT2D eigenvalue weighted by atomic mass is 16.6. The lowest BCUT2D eigenvalue weighted by Crippen LogP contribution is -2.58. The molecule has 21 heavy (non-hydrogen) atoms. The molecule has 0 aromatic heterocycles. The molecule has 1 saturated carbocycles. The zero-order valence-electron chi connectivity index (χ0n) is 12.5. The number of esters is 2. The topological polar surface area (TPSA) is 89.9 Å². The van der Waals surface area contributed by atoms with Gasteiger partial charge in [0.15, 0.2) is 0 Å². The molecule has 6 nitrogen and oxygen atoms in total. The Morgan fingerprint density at radius 1 is 1.29 bits per heavy atom. The van der Waals surface area contributed by atoms with Crippen LogP contribution in [-0.2, 0) is 23.9 Å². The molecule has 1 aliphatic carbocycles. The van der Waals surface area contributed by atoms with Crippen molar-refractivity contribution in [2.45, 2.75) is 51.7 Å². The van der Waals surface area contributed by atoms with Gasteiger partial charge in [-0.3, -0.25) is 14.4 Å². The second kappa shape index (κ2) is 4.06. The number of aliphatic hydroxyl groups excluding tert-OH is 1. The number of aliphatic hydroxyl groups is 1. The normalized spacial score (nSPS) is 49.0. The zero-order chi connectivity index (χ0) is 15.6. The number of carbonyl (C=O) groups is 3. The summed E-state index contributed by atoms with van der Waals surface area (Å²) in [6.45, 7) is 4.79. The predicted octanol–water partition coefficient (Wildman–Crippen LogP) is 0.601. The monoisotopic (exact) mass is 296 g/mol. The fourth-order valence-corrected chi connectivity index (χ4v) is 4.64. The molecule has 5 unspecified atom stereocenters. The summed E-state index contributed by atoms with van der Waals surface area (Å²) < 4.78 is 10.9. The third-order valence-corrected chi connectivity index (χ3v) is 6.15. The molecule has 3 rings (SSSR count). The molecule has 0 bridgehead atoms. The van der Waals surface area contributed by atoms with E-state index in [0.717, 1.165) is 0 Å². The van der Waals surface area contributed by atoms with Gasteiger partial charge in [-0.25, -0.2) is 0 Å². The van der Waals surface area contributed by atoms with Gasteiger partial charge < -0.3 is 14.6 Å². The Balaban J connectivity index is 2.26. The van der Waals surface area contributed by atoms with Gasteiger partial charge in [-0.1, -0.05) is 6.92 Å². The molecule has 2 saturated heterocycles. The minimum Gasteiger partial charge on any atom is -0.464 e. The van der Waals surface area contributed by atoms with E-state index in [-0.39, 0.29) is 37.6 Å². The molecular weight excluding hydrogens is 276 g/mol. The maximum Gasteiger partial charge on any atom is 0.307 e. The van der Waals surface area contributed by atoms with Crippen LogP contribution in [0.5, 0.6) is 0 Å². The molecule has 116 valence electrons. The molecule has 0 radical (unpaired) electrons. The van der Waals surface area contributed by atoms with E-state index >= 15 is 0 Å². The standard InChI is InChI=1S/C15H20O6/c1-8-10(17)4-15-13(3,9(2)16)7-20-11(18)5-14(8,15)6-12(19)21-15/h8,10,17H,4-7H2,1-3H3. The Morgan fingerprint density at radius 3 is 2.52 bits per heavy atom.